The number of nitrogens with zero attached hydrogens (tertiary/aromatic N) is 1. The Balaban J connectivity index is 2.05. The maximum Gasteiger partial charge on any atom is 0.405 e. The van der Waals surface area contributed by atoms with Crippen LogP contribution in [0.25, 0.3) is 0 Å². The number of likely N-dealkylation sites (tertiary alicyclic amines) is 1. The molecule has 0 spiro atoms. The molecule has 4 amide bonds. The summed E-state index contributed by atoms with van der Waals surface area (Å²) < 4.78 is 0. The van der Waals surface area contributed by atoms with Gasteiger partial charge in [0, 0.05) is 12.2 Å². The topological polar surface area (TPSA) is 148 Å². The maximum atomic E-state index is 12.9. The third kappa shape index (κ3) is 6.42. The molecule has 0 saturated carbocycles. The predicted octanol–water partition coefficient (Wildman–Crippen LogP) is 0.905. The van der Waals surface area contributed by atoms with Gasteiger partial charge >= 0.3 is 6.09 Å². The highest BCUT2D eigenvalue weighted by Gasteiger charge is 2.38. The highest BCUT2D eigenvalue weighted by molar-refractivity contribution is 5.99. The molecule has 3 atom stereocenters. The van der Waals surface area contributed by atoms with Crippen molar-refractivity contribution in [3.63, 3.8) is 0 Å². The van der Waals surface area contributed by atoms with Gasteiger partial charge in [-0.05, 0) is 43.4 Å². The molecule has 5 N–H and O–H groups in total. The van der Waals surface area contributed by atoms with E-state index >= 15 is 0 Å². The van der Waals surface area contributed by atoms with E-state index in [4.69, 9.17) is 10.2 Å². The number of aliphatic hydroxyl groups excluding tert-OH is 1. The van der Waals surface area contributed by atoms with Gasteiger partial charge in [-0.1, -0.05) is 26.0 Å². The quantitative estimate of drug-likeness (QED) is 0.411. The van der Waals surface area contributed by atoms with Gasteiger partial charge in [0.15, 0.2) is 0 Å². The van der Waals surface area contributed by atoms with Crippen molar-refractivity contribution in [1.82, 2.24) is 15.5 Å². The van der Waals surface area contributed by atoms with Gasteiger partial charge in [-0.2, -0.15) is 0 Å². The summed E-state index contributed by atoms with van der Waals surface area (Å²) in [6.07, 6.45) is -0.268. The average molecular weight is 434 g/mol. The zero-order valence-corrected chi connectivity index (χ0v) is 17.9. The first-order valence-electron chi connectivity index (χ1n) is 10.2. The van der Waals surface area contributed by atoms with Crippen LogP contribution in [0.3, 0.4) is 0 Å². The SMILES string of the molecule is CC(NC(=O)O)C(=O)N1CCC[C@H]1C(=O)N[C@H](C(=O)Nc1ccc(CO)cc1)C(C)C. The van der Waals surface area contributed by atoms with E-state index in [1.165, 1.54) is 11.8 Å². The zero-order valence-electron chi connectivity index (χ0n) is 17.9. The van der Waals surface area contributed by atoms with E-state index in [1.54, 1.807) is 38.1 Å². The molecular weight excluding hydrogens is 404 g/mol. The molecule has 0 aliphatic carbocycles. The highest BCUT2D eigenvalue weighted by Crippen LogP contribution is 2.20. The largest absolute Gasteiger partial charge is 0.465 e. The van der Waals surface area contributed by atoms with Crippen LogP contribution in [0.15, 0.2) is 24.3 Å². The fourth-order valence-corrected chi connectivity index (χ4v) is 3.50. The number of aliphatic hydroxyl groups is 1. The molecular formula is C21H30N4O6. The number of rotatable bonds is 8. The predicted molar refractivity (Wildman–Crippen MR) is 113 cm³/mol. The van der Waals surface area contributed by atoms with Crippen LogP contribution in [0.2, 0.25) is 0 Å². The molecule has 0 radical (unpaired) electrons. The number of carbonyl (C=O) groups excluding carboxylic acids is 3. The lowest BCUT2D eigenvalue weighted by Gasteiger charge is -2.29. The van der Waals surface area contributed by atoms with Gasteiger partial charge in [-0.15, -0.1) is 0 Å². The summed E-state index contributed by atoms with van der Waals surface area (Å²) in [5.74, 6) is -1.52. The summed E-state index contributed by atoms with van der Waals surface area (Å²) in [5, 5.41) is 25.5. The Labute approximate surface area is 181 Å². The number of carboxylic acid groups (broad SMARTS) is 1. The summed E-state index contributed by atoms with van der Waals surface area (Å²) in [4.78, 5) is 50.4. The number of anilines is 1. The average Bonchev–Trinajstić information content (AvgIpc) is 3.20. The van der Waals surface area contributed by atoms with Gasteiger partial charge in [0.05, 0.1) is 6.61 Å². The van der Waals surface area contributed by atoms with Gasteiger partial charge in [0.25, 0.3) is 0 Å². The van der Waals surface area contributed by atoms with E-state index in [0.717, 1.165) is 0 Å². The highest BCUT2D eigenvalue weighted by atomic mass is 16.4. The van der Waals surface area contributed by atoms with Crippen LogP contribution in [0.5, 0.6) is 0 Å². The Morgan fingerprint density at radius 1 is 1.10 bits per heavy atom. The molecule has 2 rings (SSSR count). The normalized spacial score (nSPS) is 17.7. The van der Waals surface area contributed by atoms with Crippen molar-refractivity contribution in [1.29, 1.82) is 0 Å². The Morgan fingerprint density at radius 3 is 2.29 bits per heavy atom. The number of nitrogens with one attached hydrogen (secondary N) is 3. The van der Waals surface area contributed by atoms with Gasteiger partial charge in [0.2, 0.25) is 17.7 Å². The van der Waals surface area contributed by atoms with Crippen molar-refractivity contribution in [2.75, 3.05) is 11.9 Å². The van der Waals surface area contributed by atoms with Crippen LogP contribution in [0.4, 0.5) is 10.5 Å². The second kappa shape index (κ2) is 10.8. The molecule has 10 heteroatoms. The smallest absolute Gasteiger partial charge is 0.405 e. The van der Waals surface area contributed by atoms with Crippen molar-refractivity contribution in [2.45, 2.75) is 58.3 Å². The minimum Gasteiger partial charge on any atom is -0.465 e. The van der Waals surface area contributed by atoms with Crippen LogP contribution in [0, 0.1) is 5.92 Å². The van der Waals surface area contributed by atoms with E-state index in [0.29, 0.717) is 30.6 Å². The summed E-state index contributed by atoms with van der Waals surface area (Å²) in [6.45, 7) is 5.27. The molecule has 1 saturated heterocycles. The Kier molecular flexibility index (Phi) is 8.38. The molecule has 1 aliphatic rings. The monoisotopic (exact) mass is 434 g/mol. The summed E-state index contributed by atoms with van der Waals surface area (Å²) in [7, 11) is 0. The second-order valence-corrected chi connectivity index (χ2v) is 7.94. The molecule has 10 nitrogen and oxygen atoms in total. The molecule has 31 heavy (non-hydrogen) atoms. The number of amides is 4. The minimum absolute atomic E-state index is 0.101. The minimum atomic E-state index is -1.32. The van der Waals surface area contributed by atoms with Gasteiger partial charge in [0.1, 0.15) is 18.1 Å². The lowest BCUT2D eigenvalue weighted by atomic mass is 10.0. The summed E-state index contributed by atoms with van der Waals surface area (Å²) in [6, 6.07) is 4.14. The Morgan fingerprint density at radius 2 is 1.74 bits per heavy atom. The number of carbonyl (C=O) groups is 4. The Hall–Kier alpha value is -3.14. The van der Waals surface area contributed by atoms with E-state index in [2.05, 4.69) is 16.0 Å². The molecule has 0 bridgehead atoms. The Bertz CT molecular complexity index is 811. The number of hydrogen-bond acceptors (Lipinski definition) is 5. The van der Waals surface area contributed by atoms with Crippen molar-refractivity contribution in [3.05, 3.63) is 29.8 Å². The fourth-order valence-electron chi connectivity index (χ4n) is 3.50. The first kappa shape index (κ1) is 24.1. The molecule has 170 valence electrons. The first-order valence-corrected chi connectivity index (χ1v) is 10.2. The van der Waals surface area contributed by atoms with Crippen molar-refractivity contribution >= 4 is 29.5 Å². The van der Waals surface area contributed by atoms with Crippen molar-refractivity contribution in [3.8, 4) is 0 Å². The third-order valence-electron chi connectivity index (χ3n) is 5.20. The van der Waals surface area contributed by atoms with Crippen LogP contribution in [-0.4, -0.2) is 63.6 Å². The molecule has 1 aliphatic heterocycles. The van der Waals surface area contributed by atoms with E-state index in [-0.39, 0.29) is 12.5 Å². The van der Waals surface area contributed by atoms with E-state index < -0.39 is 41.9 Å². The molecule has 1 fully saturated rings. The first-order chi connectivity index (χ1) is 14.6. The molecule has 1 heterocycles. The molecule has 1 aromatic carbocycles. The lowest BCUT2D eigenvalue weighted by molar-refractivity contribution is -0.140. The second-order valence-electron chi connectivity index (χ2n) is 7.94. The van der Waals surface area contributed by atoms with Crippen LogP contribution in [-0.2, 0) is 21.0 Å². The van der Waals surface area contributed by atoms with E-state index in [1.807, 2.05) is 0 Å². The van der Waals surface area contributed by atoms with Crippen molar-refractivity contribution in [2.24, 2.45) is 5.92 Å². The van der Waals surface area contributed by atoms with Crippen molar-refractivity contribution < 1.29 is 29.4 Å². The van der Waals surface area contributed by atoms with Gasteiger partial charge in [-0.3, -0.25) is 14.4 Å². The van der Waals surface area contributed by atoms with Crippen LogP contribution in [0.1, 0.15) is 39.2 Å². The molecule has 1 aromatic rings. The molecule has 0 aromatic heterocycles. The fraction of sp³-hybridized carbons (Fsp3) is 0.524. The van der Waals surface area contributed by atoms with Crippen LogP contribution < -0.4 is 16.0 Å². The third-order valence-corrected chi connectivity index (χ3v) is 5.20. The van der Waals surface area contributed by atoms with Gasteiger partial charge < -0.3 is 31.1 Å². The number of benzene rings is 1. The zero-order chi connectivity index (χ0) is 23.1. The number of hydrogen-bond donors (Lipinski definition) is 5. The molecule has 1 unspecified atom stereocenters. The summed E-state index contributed by atoms with van der Waals surface area (Å²) in [5.41, 5.74) is 1.25. The lowest BCUT2D eigenvalue weighted by Crippen LogP contribution is -2.56. The van der Waals surface area contributed by atoms with Crippen LogP contribution >= 0.6 is 0 Å². The van der Waals surface area contributed by atoms with E-state index in [9.17, 15) is 19.2 Å². The maximum absolute atomic E-state index is 12.9. The standard InChI is InChI=1S/C21H30N4O6/c1-12(2)17(19(28)23-15-8-6-14(11-26)7-9-15)24-18(27)16-5-4-10-25(16)20(29)13(3)22-21(30)31/h6-9,12-13,16-17,22,26H,4-5,10-11H2,1-3H3,(H,23,28)(H,24,27)(H,30,31)/t13?,16-,17-/m0/s1. The summed E-state index contributed by atoms with van der Waals surface area (Å²) >= 11 is 0. The van der Waals surface area contributed by atoms with Gasteiger partial charge in [-0.25, -0.2) is 4.79 Å².